The monoisotopic (exact) mass is 334 g/mol. The first-order chi connectivity index (χ1) is 11.1. The van der Waals surface area contributed by atoms with E-state index in [-0.39, 0.29) is 16.9 Å². The molecule has 0 saturated carbocycles. The highest BCUT2D eigenvalue weighted by atomic mass is 32.2. The summed E-state index contributed by atoms with van der Waals surface area (Å²) in [4.78, 5) is 0. The molecular weight excluding hydrogens is 312 g/mol. The molecule has 23 heavy (non-hydrogen) atoms. The zero-order valence-electron chi connectivity index (χ0n) is 13.2. The Labute approximate surface area is 137 Å². The molecule has 0 bridgehead atoms. The van der Waals surface area contributed by atoms with Gasteiger partial charge in [-0.1, -0.05) is 30.3 Å². The summed E-state index contributed by atoms with van der Waals surface area (Å²) >= 11 is 0. The van der Waals surface area contributed by atoms with E-state index in [0.717, 1.165) is 5.56 Å². The van der Waals surface area contributed by atoms with Gasteiger partial charge in [0.05, 0.1) is 6.20 Å². The molecule has 2 N–H and O–H groups in total. The van der Waals surface area contributed by atoms with Gasteiger partial charge in [-0.05, 0) is 31.0 Å². The molecule has 1 fully saturated rings. The summed E-state index contributed by atoms with van der Waals surface area (Å²) in [5.74, 6) is 0.263. The molecule has 2 heterocycles. The molecule has 3 rings (SSSR count). The molecule has 124 valence electrons. The number of hydrogen-bond acceptors (Lipinski definition) is 4. The van der Waals surface area contributed by atoms with Crippen LogP contribution in [-0.4, -0.2) is 42.1 Å². The Balaban J connectivity index is 1.90. The maximum Gasteiger partial charge on any atom is 0.260 e. The van der Waals surface area contributed by atoms with Gasteiger partial charge in [-0.15, -0.1) is 0 Å². The summed E-state index contributed by atoms with van der Waals surface area (Å²) < 4.78 is 28.9. The van der Waals surface area contributed by atoms with Crippen molar-refractivity contribution in [2.75, 3.05) is 19.6 Å². The van der Waals surface area contributed by atoms with E-state index >= 15 is 0 Å². The number of rotatable bonds is 5. The minimum atomic E-state index is -3.54. The molecule has 1 aliphatic rings. The topological polar surface area (TPSA) is 81.2 Å². The minimum Gasteiger partial charge on any atom is -0.330 e. The second kappa shape index (κ2) is 6.43. The van der Waals surface area contributed by atoms with E-state index < -0.39 is 10.0 Å². The second-order valence-corrected chi connectivity index (χ2v) is 7.70. The Kier molecular flexibility index (Phi) is 4.52. The summed E-state index contributed by atoms with van der Waals surface area (Å²) in [5.41, 5.74) is 7.05. The maximum absolute atomic E-state index is 12.9. The second-order valence-electron chi connectivity index (χ2n) is 5.82. The molecule has 0 amide bonds. The Bertz CT molecular complexity index is 757. The van der Waals surface area contributed by atoms with E-state index in [9.17, 15) is 8.42 Å². The molecule has 7 heteroatoms. The van der Waals surface area contributed by atoms with Crippen molar-refractivity contribution >= 4 is 10.0 Å². The van der Waals surface area contributed by atoms with Crippen LogP contribution < -0.4 is 5.73 Å². The van der Waals surface area contributed by atoms with Crippen molar-refractivity contribution in [2.45, 2.75) is 24.4 Å². The predicted octanol–water partition coefficient (Wildman–Crippen LogP) is 1.27. The predicted molar refractivity (Wildman–Crippen MR) is 88.4 cm³/mol. The first kappa shape index (κ1) is 16.2. The molecule has 2 aromatic rings. The van der Waals surface area contributed by atoms with Gasteiger partial charge in [-0.2, -0.15) is 9.40 Å². The summed E-state index contributed by atoms with van der Waals surface area (Å²) in [7, 11) is -3.54. The van der Waals surface area contributed by atoms with Crippen molar-refractivity contribution < 1.29 is 8.42 Å². The molecule has 1 aliphatic heterocycles. The van der Waals surface area contributed by atoms with Gasteiger partial charge in [-0.25, -0.2) is 8.42 Å². The standard InChI is InChI=1S/C16H22N4O2S/c1-2-20-16(8-9-18-20)23(21,22)19-11-14(10-17)15(12-19)13-6-4-3-5-7-13/h3-9,14-15H,2,10-12,17H2,1H3/t14-,15+/m1/s1. The molecule has 0 spiro atoms. The molecule has 6 nitrogen and oxygen atoms in total. The van der Waals surface area contributed by atoms with Gasteiger partial charge in [0.2, 0.25) is 0 Å². The number of sulfonamides is 1. The van der Waals surface area contributed by atoms with Crippen LogP contribution in [0.1, 0.15) is 18.4 Å². The lowest BCUT2D eigenvalue weighted by Crippen LogP contribution is -2.31. The van der Waals surface area contributed by atoms with Crippen LogP contribution in [0.25, 0.3) is 0 Å². The first-order valence-electron chi connectivity index (χ1n) is 7.85. The van der Waals surface area contributed by atoms with Crippen LogP contribution in [0.3, 0.4) is 0 Å². The zero-order valence-corrected chi connectivity index (χ0v) is 14.0. The number of aryl methyl sites for hydroxylation is 1. The van der Waals surface area contributed by atoms with Gasteiger partial charge in [0.25, 0.3) is 10.0 Å². The Morgan fingerprint density at radius 2 is 1.96 bits per heavy atom. The van der Waals surface area contributed by atoms with Gasteiger partial charge in [0.15, 0.2) is 5.03 Å². The molecule has 1 aromatic carbocycles. The highest BCUT2D eigenvalue weighted by Crippen LogP contribution is 2.35. The van der Waals surface area contributed by atoms with Crippen LogP contribution in [0.4, 0.5) is 0 Å². The molecule has 0 aliphatic carbocycles. The van der Waals surface area contributed by atoms with E-state index in [1.165, 1.54) is 10.9 Å². The number of hydrogen-bond donors (Lipinski definition) is 1. The van der Waals surface area contributed by atoms with Crippen molar-refractivity contribution in [3.05, 3.63) is 48.2 Å². The van der Waals surface area contributed by atoms with Crippen LogP contribution in [0.15, 0.2) is 47.6 Å². The largest absolute Gasteiger partial charge is 0.330 e. The fraction of sp³-hybridized carbons (Fsp3) is 0.438. The van der Waals surface area contributed by atoms with E-state index in [2.05, 4.69) is 5.10 Å². The quantitative estimate of drug-likeness (QED) is 0.893. The number of nitrogens with two attached hydrogens (primary N) is 1. The minimum absolute atomic E-state index is 0.130. The van der Waals surface area contributed by atoms with Crippen LogP contribution in [0, 0.1) is 5.92 Å². The van der Waals surface area contributed by atoms with Crippen LogP contribution in [-0.2, 0) is 16.6 Å². The fourth-order valence-electron chi connectivity index (χ4n) is 3.25. The van der Waals surface area contributed by atoms with Gasteiger partial charge >= 0.3 is 0 Å². The van der Waals surface area contributed by atoms with Crippen molar-refractivity contribution in [3.8, 4) is 0 Å². The summed E-state index contributed by atoms with van der Waals surface area (Å²) in [5, 5.41) is 4.33. The van der Waals surface area contributed by atoms with Crippen LogP contribution in [0.5, 0.6) is 0 Å². The number of nitrogens with zero attached hydrogens (tertiary/aromatic N) is 3. The molecule has 1 saturated heterocycles. The van der Waals surface area contributed by atoms with Crippen molar-refractivity contribution in [1.29, 1.82) is 0 Å². The van der Waals surface area contributed by atoms with E-state index in [1.54, 1.807) is 10.4 Å². The van der Waals surface area contributed by atoms with E-state index in [0.29, 0.717) is 26.2 Å². The number of aromatic nitrogens is 2. The average molecular weight is 334 g/mol. The van der Waals surface area contributed by atoms with E-state index in [1.807, 2.05) is 37.3 Å². The lowest BCUT2D eigenvalue weighted by Gasteiger charge is -2.17. The smallest absolute Gasteiger partial charge is 0.260 e. The normalized spacial score (nSPS) is 22.5. The third-order valence-electron chi connectivity index (χ3n) is 4.52. The Hall–Kier alpha value is -1.70. The Morgan fingerprint density at radius 3 is 2.61 bits per heavy atom. The zero-order chi connectivity index (χ0) is 16.4. The first-order valence-corrected chi connectivity index (χ1v) is 9.29. The lowest BCUT2D eigenvalue weighted by molar-refractivity contribution is 0.447. The van der Waals surface area contributed by atoms with E-state index in [4.69, 9.17) is 5.73 Å². The van der Waals surface area contributed by atoms with Crippen molar-refractivity contribution in [2.24, 2.45) is 11.7 Å². The van der Waals surface area contributed by atoms with Crippen molar-refractivity contribution in [3.63, 3.8) is 0 Å². The maximum atomic E-state index is 12.9. The molecular formula is C16H22N4O2S. The highest BCUT2D eigenvalue weighted by Gasteiger charge is 2.40. The fourth-order valence-corrected chi connectivity index (χ4v) is 4.94. The highest BCUT2D eigenvalue weighted by molar-refractivity contribution is 7.89. The van der Waals surface area contributed by atoms with Gasteiger partial charge in [0.1, 0.15) is 0 Å². The lowest BCUT2D eigenvalue weighted by atomic mass is 9.89. The number of benzene rings is 1. The van der Waals surface area contributed by atoms with Crippen LogP contribution >= 0.6 is 0 Å². The van der Waals surface area contributed by atoms with Gasteiger partial charge < -0.3 is 5.73 Å². The summed E-state index contributed by atoms with van der Waals surface area (Å²) in [6.45, 7) is 3.79. The SMILES string of the molecule is CCn1nccc1S(=O)(=O)N1C[C@@H](CN)[C@H](c2ccccc2)C1. The Morgan fingerprint density at radius 1 is 1.22 bits per heavy atom. The van der Waals surface area contributed by atoms with Crippen molar-refractivity contribution in [1.82, 2.24) is 14.1 Å². The third kappa shape index (κ3) is 2.91. The molecule has 0 radical (unpaired) electrons. The summed E-state index contributed by atoms with van der Waals surface area (Å²) in [6, 6.07) is 11.6. The molecule has 1 aromatic heterocycles. The molecule has 0 unspecified atom stereocenters. The van der Waals surface area contributed by atoms with Gasteiger partial charge in [0, 0.05) is 25.6 Å². The summed E-state index contributed by atoms with van der Waals surface area (Å²) in [6.07, 6.45) is 1.53. The average Bonchev–Trinajstić information content (AvgIpc) is 3.22. The van der Waals surface area contributed by atoms with Crippen LogP contribution in [0.2, 0.25) is 0 Å². The molecule has 2 atom stereocenters. The third-order valence-corrected chi connectivity index (χ3v) is 6.37. The van der Waals surface area contributed by atoms with Gasteiger partial charge in [-0.3, -0.25) is 4.68 Å².